The Hall–Kier alpha value is -7.42. The Balaban J connectivity index is 1.16. The molecule has 56 heavy (non-hydrogen) atoms. The maximum Gasteiger partial charge on any atom is 0.0547 e. The highest BCUT2D eigenvalue weighted by Gasteiger charge is 2.15. The molecule has 9 aromatic carbocycles. The molecule has 2 heterocycles. The van der Waals surface area contributed by atoms with E-state index in [0.717, 1.165) is 27.8 Å². The molecule has 0 N–H and O–H groups in total. The number of hydrogen-bond acceptors (Lipinski definition) is 0. The van der Waals surface area contributed by atoms with Crippen molar-refractivity contribution in [1.29, 1.82) is 0 Å². The molecule has 0 aliphatic carbocycles. The second kappa shape index (κ2) is 13.2. The Morgan fingerprint density at radius 1 is 0.268 bits per heavy atom. The molecule has 0 bridgehead atoms. The predicted molar refractivity (Wildman–Crippen MR) is 239 cm³/mol. The maximum atomic E-state index is 2.45. The van der Waals surface area contributed by atoms with Crippen molar-refractivity contribution in [2.75, 3.05) is 0 Å². The van der Waals surface area contributed by atoms with Gasteiger partial charge in [-0.3, -0.25) is 0 Å². The second-order valence-corrected chi connectivity index (χ2v) is 14.6. The summed E-state index contributed by atoms with van der Waals surface area (Å²) in [6.45, 7) is 0. The van der Waals surface area contributed by atoms with E-state index < -0.39 is 0 Å². The summed E-state index contributed by atoms with van der Waals surface area (Å²) in [6, 6.07) is 77.3. The van der Waals surface area contributed by atoms with Crippen molar-refractivity contribution in [3.05, 3.63) is 219 Å². The van der Waals surface area contributed by atoms with Gasteiger partial charge in [-0.1, -0.05) is 164 Å². The third kappa shape index (κ3) is 5.34. The molecule has 2 heteroatoms. The first-order valence-electron chi connectivity index (χ1n) is 19.3. The normalized spacial score (nSPS) is 11.6. The fourth-order valence-electron chi connectivity index (χ4n) is 8.64. The lowest BCUT2D eigenvalue weighted by Crippen LogP contribution is -1.96. The molecule has 0 saturated heterocycles. The van der Waals surface area contributed by atoms with Crippen LogP contribution in [0, 0.1) is 0 Å². The molecule has 0 aliphatic heterocycles. The van der Waals surface area contributed by atoms with Crippen LogP contribution in [0.2, 0.25) is 0 Å². The third-order valence-electron chi connectivity index (χ3n) is 11.4. The van der Waals surface area contributed by atoms with Gasteiger partial charge in [-0.25, -0.2) is 0 Å². The Morgan fingerprint density at radius 3 is 1.57 bits per heavy atom. The van der Waals surface area contributed by atoms with E-state index in [1.54, 1.807) is 0 Å². The van der Waals surface area contributed by atoms with Crippen LogP contribution >= 0.6 is 0 Å². The van der Waals surface area contributed by atoms with Gasteiger partial charge in [0.1, 0.15) is 0 Å². The minimum atomic E-state index is 1.11. The quantitative estimate of drug-likeness (QED) is 0.161. The SMILES string of the molecule is c1ccc(-c2cccc3ccccc3n(-c3ccc4ccc5ccc6ccc(-n7c8ccccc8c8ccc(-c9ccccc9)cc87)cc6c5c4c3)cc2)cc1. The first-order chi connectivity index (χ1) is 27.8. The Bertz CT molecular complexity index is 3340. The number of hydrogen-bond donors (Lipinski definition) is 0. The van der Waals surface area contributed by atoms with E-state index in [-0.39, 0.29) is 0 Å². The van der Waals surface area contributed by atoms with E-state index in [1.165, 1.54) is 70.8 Å². The highest BCUT2D eigenvalue weighted by molar-refractivity contribution is 6.21. The highest BCUT2D eigenvalue weighted by Crippen LogP contribution is 2.38. The van der Waals surface area contributed by atoms with Gasteiger partial charge in [-0.2, -0.15) is 0 Å². The van der Waals surface area contributed by atoms with Gasteiger partial charge >= 0.3 is 0 Å². The third-order valence-corrected chi connectivity index (χ3v) is 11.4. The van der Waals surface area contributed by atoms with Gasteiger partial charge in [0.25, 0.3) is 0 Å². The molecule has 2 aromatic heterocycles. The number of benzene rings is 9. The molecular weight excluding hydrogens is 677 g/mol. The van der Waals surface area contributed by atoms with E-state index in [9.17, 15) is 0 Å². The Morgan fingerprint density at radius 2 is 0.804 bits per heavy atom. The summed E-state index contributed by atoms with van der Waals surface area (Å²) < 4.78 is 4.78. The smallest absolute Gasteiger partial charge is 0.0547 e. The molecule has 262 valence electrons. The standard InChI is InChI=1S/C54H36N2/c1-3-12-37(13-4-1)39-17-11-18-42-16-7-9-20-51(42)55(33-32-39)45-29-26-40-22-24-43-25-23-41-27-30-46(36-50(41)54(43)49(40)35-45)56-52-21-10-8-19-47(52)48-31-28-44(34-53(48)56)38-14-5-2-6-15-38/h1-36H. The minimum Gasteiger partial charge on any atom is -0.317 e. The number of nitrogens with zero attached hydrogens (tertiary/aromatic N) is 2. The van der Waals surface area contributed by atoms with E-state index in [2.05, 4.69) is 228 Å². The number of rotatable bonds is 4. The summed E-state index contributed by atoms with van der Waals surface area (Å²) in [7, 11) is 0. The predicted octanol–water partition coefficient (Wildman–Crippen LogP) is 14.6. The molecule has 0 fully saturated rings. The zero-order valence-corrected chi connectivity index (χ0v) is 30.7. The molecule has 0 unspecified atom stereocenters. The summed E-state index contributed by atoms with van der Waals surface area (Å²) in [4.78, 5) is 0. The van der Waals surface area contributed by atoms with Crippen molar-refractivity contribution in [3.63, 3.8) is 0 Å². The second-order valence-electron chi connectivity index (χ2n) is 14.6. The van der Waals surface area contributed by atoms with Gasteiger partial charge in [-0.15, -0.1) is 0 Å². The zero-order valence-electron chi connectivity index (χ0n) is 30.7. The Kier molecular flexibility index (Phi) is 7.53. The van der Waals surface area contributed by atoms with Gasteiger partial charge in [0.15, 0.2) is 0 Å². The van der Waals surface area contributed by atoms with E-state index >= 15 is 0 Å². The Labute approximate surface area is 325 Å². The fraction of sp³-hybridized carbons (Fsp3) is 0. The van der Waals surface area contributed by atoms with Crippen LogP contribution in [-0.2, 0) is 0 Å². The van der Waals surface area contributed by atoms with Crippen LogP contribution in [0.3, 0.4) is 0 Å². The van der Waals surface area contributed by atoms with Crippen LogP contribution in [0.4, 0.5) is 0 Å². The molecule has 0 atom stereocenters. The molecule has 11 rings (SSSR count). The van der Waals surface area contributed by atoms with Gasteiger partial charge in [0, 0.05) is 28.3 Å². The van der Waals surface area contributed by atoms with Crippen molar-refractivity contribution in [2.24, 2.45) is 0 Å². The van der Waals surface area contributed by atoms with Crippen LogP contribution in [0.15, 0.2) is 219 Å². The van der Waals surface area contributed by atoms with Gasteiger partial charge in [0.2, 0.25) is 0 Å². The fourth-order valence-corrected chi connectivity index (χ4v) is 8.64. The summed E-state index contributed by atoms with van der Waals surface area (Å²) >= 11 is 0. The molecule has 0 radical (unpaired) electrons. The van der Waals surface area contributed by atoms with Crippen LogP contribution in [-0.4, -0.2) is 9.13 Å². The molecule has 0 spiro atoms. The maximum absolute atomic E-state index is 2.45. The first kappa shape index (κ1) is 32.0. The van der Waals surface area contributed by atoms with Crippen molar-refractivity contribution in [2.45, 2.75) is 0 Å². The molecular formula is C54H36N2. The van der Waals surface area contributed by atoms with Crippen LogP contribution in [0.1, 0.15) is 0 Å². The van der Waals surface area contributed by atoms with E-state index in [4.69, 9.17) is 0 Å². The molecule has 0 aliphatic rings. The summed E-state index contributed by atoms with van der Waals surface area (Å²) in [5, 5.41) is 11.1. The summed E-state index contributed by atoms with van der Waals surface area (Å²) in [6.07, 6.45) is 2.22. The van der Waals surface area contributed by atoms with E-state index in [0.29, 0.717) is 0 Å². The summed E-state index contributed by atoms with van der Waals surface area (Å²) in [5.74, 6) is 0. The van der Waals surface area contributed by atoms with Crippen LogP contribution < -0.4 is 0 Å². The monoisotopic (exact) mass is 712 g/mol. The lowest BCUT2D eigenvalue weighted by atomic mass is 9.95. The number of para-hydroxylation sites is 2. The first-order valence-corrected chi connectivity index (χ1v) is 19.3. The van der Waals surface area contributed by atoms with E-state index in [1.807, 2.05) is 0 Å². The van der Waals surface area contributed by atoms with Crippen molar-refractivity contribution in [3.8, 4) is 33.6 Å². The van der Waals surface area contributed by atoms with Crippen LogP contribution in [0.25, 0.3) is 98.7 Å². The molecule has 11 aromatic rings. The highest BCUT2D eigenvalue weighted by atomic mass is 15.0. The largest absolute Gasteiger partial charge is 0.317 e. The molecule has 0 amide bonds. The lowest BCUT2D eigenvalue weighted by Gasteiger charge is -2.14. The topological polar surface area (TPSA) is 9.86 Å². The lowest BCUT2D eigenvalue weighted by molar-refractivity contribution is 1.12. The molecule has 2 nitrogen and oxygen atoms in total. The van der Waals surface area contributed by atoms with Gasteiger partial charge in [0.05, 0.1) is 16.6 Å². The average molecular weight is 713 g/mol. The number of aromatic nitrogens is 2. The molecule has 0 saturated carbocycles. The minimum absolute atomic E-state index is 1.11. The van der Waals surface area contributed by atoms with Gasteiger partial charge < -0.3 is 9.13 Å². The zero-order chi connectivity index (χ0) is 37.0. The van der Waals surface area contributed by atoms with Crippen molar-refractivity contribution >= 4 is 65.0 Å². The average Bonchev–Trinajstić information content (AvgIpc) is 3.64. The van der Waals surface area contributed by atoms with Crippen molar-refractivity contribution < 1.29 is 0 Å². The van der Waals surface area contributed by atoms with Gasteiger partial charge in [-0.05, 0) is 108 Å². The summed E-state index contributed by atoms with van der Waals surface area (Å²) in [5.41, 5.74) is 10.6. The van der Waals surface area contributed by atoms with Crippen LogP contribution in [0.5, 0.6) is 0 Å². The van der Waals surface area contributed by atoms with Crippen molar-refractivity contribution in [1.82, 2.24) is 9.13 Å². The number of fused-ring (bicyclic) bond motifs is 9.